The molecule has 2 heterocycles. The molecule has 1 atom stereocenters. The van der Waals surface area contributed by atoms with Crippen LogP contribution in [0.15, 0.2) is 23.4 Å². The normalized spacial score (nSPS) is 23.1. The van der Waals surface area contributed by atoms with Gasteiger partial charge < -0.3 is 0 Å². The molecule has 1 aliphatic rings. The van der Waals surface area contributed by atoms with Crippen molar-refractivity contribution in [2.75, 3.05) is 11.5 Å². The van der Waals surface area contributed by atoms with Crippen molar-refractivity contribution in [3.05, 3.63) is 23.5 Å². The van der Waals surface area contributed by atoms with E-state index in [1.165, 1.54) is 12.3 Å². The molecule has 1 aromatic heterocycles. The molecule has 0 amide bonds. The van der Waals surface area contributed by atoms with Crippen LogP contribution >= 0.6 is 11.6 Å². The summed E-state index contributed by atoms with van der Waals surface area (Å²) in [5.74, 6) is -0.176. The number of hydrogen-bond donors (Lipinski definition) is 1. The van der Waals surface area contributed by atoms with Gasteiger partial charge in [-0.05, 0) is 12.5 Å². The van der Waals surface area contributed by atoms with Crippen LogP contribution in [0.25, 0.3) is 0 Å². The number of sulfonamides is 1. The van der Waals surface area contributed by atoms with E-state index >= 15 is 0 Å². The standard InChI is InChI=1S/C9H11ClN2O4S2/c10-8-1-3-11-5-9(8)18(15,16)12-7-2-4-17(13,14)6-7/h1,3,5,7,12H,2,4,6H2. The van der Waals surface area contributed by atoms with E-state index in [1.807, 2.05) is 0 Å². The zero-order valence-corrected chi connectivity index (χ0v) is 11.6. The molecule has 1 aromatic rings. The zero-order chi connectivity index (χ0) is 13.4. The molecule has 18 heavy (non-hydrogen) atoms. The third kappa shape index (κ3) is 3.00. The summed E-state index contributed by atoms with van der Waals surface area (Å²) in [6.45, 7) is 0. The average molecular weight is 311 g/mol. The van der Waals surface area contributed by atoms with Gasteiger partial charge in [0.2, 0.25) is 10.0 Å². The summed E-state index contributed by atoms with van der Waals surface area (Å²) >= 11 is 5.77. The lowest BCUT2D eigenvalue weighted by molar-refractivity contribution is 0.562. The van der Waals surface area contributed by atoms with Crippen LogP contribution in [0.5, 0.6) is 0 Å². The highest BCUT2D eigenvalue weighted by atomic mass is 35.5. The van der Waals surface area contributed by atoms with Crippen molar-refractivity contribution in [3.63, 3.8) is 0 Å². The Morgan fingerprint density at radius 3 is 2.72 bits per heavy atom. The van der Waals surface area contributed by atoms with Gasteiger partial charge in [-0.3, -0.25) is 4.98 Å². The van der Waals surface area contributed by atoms with E-state index in [1.54, 1.807) is 0 Å². The number of nitrogens with one attached hydrogen (secondary N) is 1. The molecule has 0 saturated carbocycles. The fourth-order valence-electron chi connectivity index (χ4n) is 1.73. The van der Waals surface area contributed by atoms with E-state index in [4.69, 9.17) is 11.6 Å². The number of rotatable bonds is 3. The first-order valence-electron chi connectivity index (χ1n) is 5.12. The van der Waals surface area contributed by atoms with Gasteiger partial charge in [0.1, 0.15) is 4.90 Å². The molecule has 0 aliphatic carbocycles. The Balaban J connectivity index is 2.22. The lowest BCUT2D eigenvalue weighted by Gasteiger charge is -2.11. The van der Waals surface area contributed by atoms with E-state index in [2.05, 4.69) is 9.71 Å². The largest absolute Gasteiger partial charge is 0.263 e. The van der Waals surface area contributed by atoms with Crippen LogP contribution in [0.4, 0.5) is 0 Å². The molecule has 1 aliphatic heterocycles. The molecule has 0 bridgehead atoms. The van der Waals surface area contributed by atoms with Crippen LogP contribution in [-0.2, 0) is 19.9 Å². The second kappa shape index (κ2) is 4.76. The number of sulfone groups is 1. The van der Waals surface area contributed by atoms with E-state index < -0.39 is 25.9 Å². The van der Waals surface area contributed by atoms with Crippen LogP contribution in [0.1, 0.15) is 6.42 Å². The van der Waals surface area contributed by atoms with Crippen LogP contribution < -0.4 is 4.72 Å². The van der Waals surface area contributed by atoms with Crippen LogP contribution in [0.2, 0.25) is 5.02 Å². The number of aromatic nitrogens is 1. The van der Waals surface area contributed by atoms with Crippen LogP contribution in [0, 0.1) is 0 Å². The maximum atomic E-state index is 12.0. The first-order valence-corrected chi connectivity index (χ1v) is 8.81. The van der Waals surface area contributed by atoms with E-state index in [9.17, 15) is 16.8 Å². The van der Waals surface area contributed by atoms with Crippen molar-refractivity contribution in [3.8, 4) is 0 Å². The average Bonchev–Trinajstić information content (AvgIpc) is 2.57. The van der Waals surface area contributed by atoms with Gasteiger partial charge in [-0.15, -0.1) is 0 Å². The van der Waals surface area contributed by atoms with Gasteiger partial charge in [0.25, 0.3) is 0 Å². The molecule has 1 N–H and O–H groups in total. The van der Waals surface area contributed by atoms with E-state index in [0.29, 0.717) is 0 Å². The van der Waals surface area contributed by atoms with E-state index in [0.717, 1.165) is 6.20 Å². The molecule has 0 radical (unpaired) electrons. The topological polar surface area (TPSA) is 93.2 Å². The Bertz CT molecular complexity index is 657. The molecular formula is C9H11ClN2O4S2. The minimum absolute atomic E-state index is 0.000951. The van der Waals surface area contributed by atoms with Crippen molar-refractivity contribution < 1.29 is 16.8 Å². The SMILES string of the molecule is O=S1(=O)CCC(NS(=O)(=O)c2cnccc2Cl)C1. The first kappa shape index (κ1) is 13.7. The molecule has 1 fully saturated rings. The lowest BCUT2D eigenvalue weighted by Crippen LogP contribution is -2.35. The third-order valence-electron chi connectivity index (χ3n) is 2.58. The maximum absolute atomic E-state index is 12.0. The molecule has 6 nitrogen and oxygen atoms in total. The number of nitrogens with zero attached hydrogens (tertiary/aromatic N) is 1. The first-order chi connectivity index (χ1) is 8.30. The summed E-state index contributed by atoms with van der Waals surface area (Å²) in [6, 6.07) is 0.762. The van der Waals surface area contributed by atoms with Gasteiger partial charge in [0, 0.05) is 18.4 Å². The Labute approximate surface area is 110 Å². The number of halogens is 1. The highest BCUT2D eigenvalue weighted by Gasteiger charge is 2.32. The maximum Gasteiger partial charge on any atom is 0.243 e. The Morgan fingerprint density at radius 2 is 2.17 bits per heavy atom. The summed E-state index contributed by atoms with van der Waals surface area (Å²) in [7, 11) is -6.97. The van der Waals surface area contributed by atoms with Gasteiger partial charge in [0.05, 0.1) is 16.5 Å². The molecule has 2 rings (SSSR count). The predicted molar refractivity (Wildman–Crippen MR) is 66.6 cm³/mol. The van der Waals surface area contributed by atoms with Gasteiger partial charge in [-0.2, -0.15) is 0 Å². The Morgan fingerprint density at radius 1 is 1.44 bits per heavy atom. The Hall–Kier alpha value is -0.700. The smallest absolute Gasteiger partial charge is 0.243 e. The van der Waals surface area contributed by atoms with Gasteiger partial charge >= 0.3 is 0 Å². The monoisotopic (exact) mass is 310 g/mol. The van der Waals surface area contributed by atoms with Crippen LogP contribution in [0.3, 0.4) is 0 Å². The predicted octanol–water partition coefficient (Wildman–Crippen LogP) is 0.200. The van der Waals surface area contributed by atoms with Crippen molar-refractivity contribution in [1.29, 1.82) is 0 Å². The summed E-state index contributed by atoms with van der Waals surface area (Å²) in [5.41, 5.74) is 0. The van der Waals surface area contributed by atoms with E-state index in [-0.39, 0.29) is 27.8 Å². The summed E-state index contributed by atoms with van der Waals surface area (Å²) in [4.78, 5) is 3.55. The summed E-state index contributed by atoms with van der Waals surface area (Å²) < 4.78 is 48.8. The lowest BCUT2D eigenvalue weighted by atomic mass is 10.3. The molecule has 1 saturated heterocycles. The van der Waals surface area contributed by atoms with Crippen LogP contribution in [-0.4, -0.2) is 39.4 Å². The second-order valence-electron chi connectivity index (χ2n) is 4.03. The van der Waals surface area contributed by atoms with Crippen molar-refractivity contribution in [2.24, 2.45) is 0 Å². The molecule has 9 heteroatoms. The second-order valence-corrected chi connectivity index (χ2v) is 8.35. The minimum Gasteiger partial charge on any atom is -0.263 e. The Kier molecular flexibility index (Phi) is 3.63. The zero-order valence-electron chi connectivity index (χ0n) is 9.21. The van der Waals surface area contributed by atoms with Crippen molar-refractivity contribution in [2.45, 2.75) is 17.4 Å². The van der Waals surface area contributed by atoms with Gasteiger partial charge in [-0.25, -0.2) is 21.6 Å². The highest BCUT2D eigenvalue weighted by molar-refractivity contribution is 7.92. The quantitative estimate of drug-likeness (QED) is 0.861. The summed E-state index contributed by atoms with van der Waals surface area (Å²) in [6.07, 6.45) is 2.79. The third-order valence-corrected chi connectivity index (χ3v) is 6.34. The minimum atomic E-state index is -3.83. The van der Waals surface area contributed by atoms with Crippen molar-refractivity contribution in [1.82, 2.24) is 9.71 Å². The molecule has 100 valence electrons. The fourth-order valence-corrected chi connectivity index (χ4v) is 5.21. The number of pyridine rings is 1. The molecule has 1 unspecified atom stereocenters. The van der Waals surface area contributed by atoms with Crippen molar-refractivity contribution >= 4 is 31.5 Å². The van der Waals surface area contributed by atoms with Gasteiger partial charge in [0.15, 0.2) is 9.84 Å². The molecule has 0 spiro atoms. The fraction of sp³-hybridized carbons (Fsp3) is 0.444. The molecule has 0 aromatic carbocycles. The van der Waals surface area contributed by atoms with Gasteiger partial charge in [-0.1, -0.05) is 11.6 Å². The number of hydrogen-bond acceptors (Lipinski definition) is 5. The summed E-state index contributed by atoms with van der Waals surface area (Å²) in [5, 5.41) is 0.0540. The highest BCUT2D eigenvalue weighted by Crippen LogP contribution is 2.21. The molecular weight excluding hydrogens is 300 g/mol.